The van der Waals surface area contributed by atoms with Crippen molar-refractivity contribution in [3.63, 3.8) is 0 Å². The van der Waals surface area contributed by atoms with E-state index in [-0.39, 0.29) is 18.9 Å². The molecule has 0 bridgehead atoms. The molecule has 0 N–H and O–H groups in total. The summed E-state index contributed by atoms with van der Waals surface area (Å²) in [7, 11) is 0. The van der Waals surface area contributed by atoms with Crippen LogP contribution in [0.5, 0.6) is 0 Å². The zero-order valence-electron chi connectivity index (χ0n) is 3.64. The van der Waals surface area contributed by atoms with E-state index in [9.17, 15) is 0 Å². The van der Waals surface area contributed by atoms with Crippen LogP contribution >= 0.6 is 11.3 Å². The van der Waals surface area contributed by atoms with Gasteiger partial charge in [-0.2, -0.15) is 11.3 Å². The first kappa shape index (κ1) is 7.30. The summed E-state index contributed by atoms with van der Waals surface area (Å²) in [5.41, 5.74) is 1.36. The molecule has 0 saturated carbocycles. The maximum atomic E-state index is 2.12. The summed E-state index contributed by atoms with van der Waals surface area (Å²) >= 11 is 1.74. The Kier molecular flexibility index (Phi) is 3.46. The van der Waals surface area contributed by atoms with Gasteiger partial charge in [0, 0.05) is 0 Å². The molecule has 1 heterocycles. The number of aryl methyl sites for hydroxylation is 1. The second-order valence-corrected chi connectivity index (χ2v) is 2.08. The second-order valence-electron chi connectivity index (χ2n) is 1.30. The minimum atomic E-state index is 0. The van der Waals surface area contributed by atoms with Crippen LogP contribution in [0.15, 0.2) is 16.8 Å². The van der Waals surface area contributed by atoms with Crippen LogP contribution in [0.1, 0.15) is 5.56 Å². The summed E-state index contributed by atoms with van der Waals surface area (Å²) in [6.45, 7) is 2.09. The molecule has 7 heavy (non-hydrogen) atoms. The number of thiophene rings is 1. The molecule has 0 aliphatic rings. The monoisotopic (exact) mass is 106 g/mol. The summed E-state index contributed by atoms with van der Waals surface area (Å²) in [4.78, 5) is 0. The molecule has 0 aromatic carbocycles. The molecule has 0 aliphatic heterocycles. The first-order valence-electron chi connectivity index (χ1n) is 1.88. The summed E-state index contributed by atoms with van der Waals surface area (Å²) in [5.74, 6) is 0. The molecule has 0 fully saturated rings. The van der Waals surface area contributed by atoms with E-state index in [2.05, 4.69) is 23.8 Å². The van der Waals surface area contributed by atoms with Crippen molar-refractivity contribution >= 4 is 30.2 Å². The Balaban J connectivity index is 0.000000360. The Morgan fingerprint density at radius 1 is 1.57 bits per heavy atom. The average Bonchev–Trinajstić information content (AvgIpc) is 1.86. The van der Waals surface area contributed by atoms with Crippen LogP contribution in [0, 0.1) is 6.92 Å². The van der Waals surface area contributed by atoms with Crippen LogP contribution in [-0.4, -0.2) is 18.9 Å². The van der Waals surface area contributed by atoms with Crippen molar-refractivity contribution in [1.29, 1.82) is 0 Å². The van der Waals surface area contributed by atoms with Crippen LogP contribution in [0.2, 0.25) is 0 Å². The molecular weight excluding hydrogens is 99.1 g/mol. The van der Waals surface area contributed by atoms with Gasteiger partial charge in [-0.25, -0.2) is 0 Å². The van der Waals surface area contributed by atoms with Crippen molar-refractivity contribution in [3.8, 4) is 0 Å². The van der Waals surface area contributed by atoms with Crippen molar-refractivity contribution in [2.75, 3.05) is 0 Å². The molecule has 1 aromatic heterocycles. The third-order valence-electron chi connectivity index (χ3n) is 0.663. The van der Waals surface area contributed by atoms with Crippen molar-refractivity contribution in [2.45, 2.75) is 6.92 Å². The normalized spacial score (nSPS) is 7.57. The Hall–Kier alpha value is 0.297. The summed E-state index contributed by atoms with van der Waals surface area (Å²) in [6, 6.07) is 2.10. The molecule has 0 atom stereocenters. The SMILES string of the molecule is Cc1ccsc1.[LiH]. The van der Waals surface area contributed by atoms with Crippen LogP contribution in [0.25, 0.3) is 0 Å². The third-order valence-corrected chi connectivity index (χ3v) is 1.46. The van der Waals surface area contributed by atoms with Crippen LogP contribution in [0.4, 0.5) is 0 Å². The molecule has 0 unspecified atom stereocenters. The standard InChI is InChI=1S/C5H6S.Li.H/c1-5-2-3-6-4-5;;/h2-4H,1H3;;. The van der Waals surface area contributed by atoms with Crippen LogP contribution in [-0.2, 0) is 0 Å². The number of hydrogen-bond acceptors (Lipinski definition) is 1. The minimum absolute atomic E-state index is 0. The van der Waals surface area contributed by atoms with Crippen LogP contribution in [0.3, 0.4) is 0 Å². The van der Waals surface area contributed by atoms with Gasteiger partial charge in [-0.3, -0.25) is 0 Å². The molecule has 0 saturated heterocycles. The Labute approximate surface area is 59.7 Å². The van der Waals surface area contributed by atoms with Crippen molar-refractivity contribution in [2.24, 2.45) is 0 Å². The number of hydrogen-bond donors (Lipinski definition) is 0. The molecule has 0 nitrogen and oxygen atoms in total. The molecule has 0 amide bonds. The van der Waals surface area contributed by atoms with E-state index in [1.165, 1.54) is 5.56 Å². The molecule has 1 aromatic rings. The van der Waals surface area contributed by atoms with Gasteiger partial charge >= 0.3 is 18.9 Å². The zero-order chi connectivity index (χ0) is 4.41. The van der Waals surface area contributed by atoms with E-state index >= 15 is 0 Å². The van der Waals surface area contributed by atoms with Crippen molar-refractivity contribution < 1.29 is 0 Å². The van der Waals surface area contributed by atoms with Gasteiger partial charge in [-0.1, -0.05) is 0 Å². The Morgan fingerprint density at radius 2 is 2.29 bits per heavy atom. The average molecular weight is 106 g/mol. The van der Waals surface area contributed by atoms with E-state index in [0.717, 1.165) is 0 Å². The van der Waals surface area contributed by atoms with Gasteiger partial charge in [0.1, 0.15) is 0 Å². The molecule has 2 heteroatoms. The van der Waals surface area contributed by atoms with E-state index in [1.807, 2.05) is 0 Å². The van der Waals surface area contributed by atoms with Gasteiger partial charge in [0.2, 0.25) is 0 Å². The fourth-order valence-electron chi connectivity index (χ4n) is 0.333. The molecule has 1 rings (SSSR count). The third kappa shape index (κ3) is 2.18. The summed E-state index contributed by atoms with van der Waals surface area (Å²) in [5, 5.41) is 4.20. The zero-order valence-corrected chi connectivity index (χ0v) is 4.46. The Morgan fingerprint density at radius 3 is 2.43 bits per heavy atom. The van der Waals surface area contributed by atoms with Gasteiger partial charge in [0.25, 0.3) is 0 Å². The van der Waals surface area contributed by atoms with Crippen LogP contribution < -0.4 is 0 Å². The summed E-state index contributed by atoms with van der Waals surface area (Å²) < 4.78 is 0. The fourth-order valence-corrected chi connectivity index (χ4v) is 0.998. The summed E-state index contributed by atoms with van der Waals surface area (Å²) in [6.07, 6.45) is 0. The van der Waals surface area contributed by atoms with Gasteiger partial charge < -0.3 is 0 Å². The van der Waals surface area contributed by atoms with E-state index < -0.39 is 0 Å². The quantitative estimate of drug-likeness (QED) is 0.438. The molecule has 0 radical (unpaired) electrons. The second kappa shape index (κ2) is 3.32. The van der Waals surface area contributed by atoms with Crippen molar-refractivity contribution in [1.82, 2.24) is 0 Å². The van der Waals surface area contributed by atoms with E-state index in [1.54, 1.807) is 11.3 Å². The molecular formula is C5H7LiS. The fraction of sp³-hybridized carbons (Fsp3) is 0.200. The topological polar surface area (TPSA) is 0 Å². The first-order valence-corrected chi connectivity index (χ1v) is 2.82. The van der Waals surface area contributed by atoms with E-state index in [4.69, 9.17) is 0 Å². The van der Waals surface area contributed by atoms with E-state index in [0.29, 0.717) is 0 Å². The Bertz CT molecular complexity index is 112. The van der Waals surface area contributed by atoms with Gasteiger partial charge in [-0.05, 0) is 29.3 Å². The van der Waals surface area contributed by atoms with Gasteiger partial charge in [-0.15, -0.1) is 0 Å². The molecule has 34 valence electrons. The molecule has 0 spiro atoms. The van der Waals surface area contributed by atoms with Crippen molar-refractivity contribution in [3.05, 3.63) is 22.4 Å². The predicted molar refractivity (Wildman–Crippen MR) is 36.2 cm³/mol. The maximum absolute atomic E-state index is 2.12. The van der Waals surface area contributed by atoms with Gasteiger partial charge in [0.15, 0.2) is 0 Å². The first-order chi connectivity index (χ1) is 2.89. The number of rotatable bonds is 0. The molecule has 0 aliphatic carbocycles. The van der Waals surface area contributed by atoms with Gasteiger partial charge in [0.05, 0.1) is 0 Å². The predicted octanol–water partition coefficient (Wildman–Crippen LogP) is 1.41.